The molecule has 7 heteroatoms. The van der Waals surface area contributed by atoms with Crippen molar-refractivity contribution in [3.8, 4) is 0 Å². The largest absolute Gasteiger partial charge is 0.455 e. The Morgan fingerprint density at radius 3 is 2.62 bits per heavy atom. The summed E-state index contributed by atoms with van der Waals surface area (Å²) in [6.07, 6.45) is 0.760. The van der Waals surface area contributed by atoms with Crippen molar-refractivity contribution in [2.45, 2.75) is 26.7 Å². The number of nitrogens with zero attached hydrogens (tertiary/aromatic N) is 1. The first-order valence-corrected chi connectivity index (χ1v) is 9.50. The van der Waals surface area contributed by atoms with E-state index in [1.165, 1.54) is 29.2 Å². The minimum atomic E-state index is -0.662. The van der Waals surface area contributed by atoms with E-state index in [2.05, 4.69) is 5.32 Å². The number of ether oxygens (including phenoxy) is 1. The van der Waals surface area contributed by atoms with E-state index in [4.69, 9.17) is 4.74 Å². The van der Waals surface area contributed by atoms with Gasteiger partial charge in [0, 0.05) is 24.3 Å². The van der Waals surface area contributed by atoms with Crippen molar-refractivity contribution in [2.75, 3.05) is 23.4 Å². The first kappa shape index (κ1) is 20.5. The first-order valence-electron chi connectivity index (χ1n) is 9.50. The van der Waals surface area contributed by atoms with Crippen LogP contribution in [0.2, 0.25) is 0 Å². The van der Waals surface area contributed by atoms with Gasteiger partial charge in [-0.15, -0.1) is 0 Å². The van der Waals surface area contributed by atoms with Crippen LogP contribution in [0.25, 0.3) is 0 Å². The van der Waals surface area contributed by atoms with Gasteiger partial charge in [0.15, 0.2) is 6.61 Å². The number of amides is 2. The van der Waals surface area contributed by atoms with E-state index in [1.807, 2.05) is 32.0 Å². The minimum Gasteiger partial charge on any atom is -0.455 e. The summed E-state index contributed by atoms with van der Waals surface area (Å²) in [4.78, 5) is 38.2. The molecule has 1 fully saturated rings. The third-order valence-corrected chi connectivity index (χ3v) is 4.95. The Bertz CT molecular complexity index is 927. The molecule has 0 saturated carbocycles. The minimum absolute atomic E-state index is 0.00436. The lowest BCUT2D eigenvalue weighted by atomic mass is 10.1. The fourth-order valence-electron chi connectivity index (χ4n) is 3.37. The normalized spacial score (nSPS) is 16.0. The van der Waals surface area contributed by atoms with Crippen molar-refractivity contribution >= 4 is 29.2 Å². The molecule has 1 aliphatic rings. The van der Waals surface area contributed by atoms with Gasteiger partial charge in [-0.05, 0) is 48.7 Å². The van der Waals surface area contributed by atoms with Gasteiger partial charge >= 0.3 is 5.97 Å². The van der Waals surface area contributed by atoms with Crippen LogP contribution in [-0.2, 0) is 25.5 Å². The maximum absolute atomic E-state index is 13.1. The summed E-state index contributed by atoms with van der Waals surface area (Å²) in [5, 5.41) is 2.80. The number of hydrogen-bond acceptors (Lipinski definition) is 4. The van der Waals surface area contributed by atoms with Crippen LogP contribution in [0, 0.1) is 18.7 Å². The van der Waals surface area contributed by atoms with Crippen LogP contribution >= 0.6 is 0 Å². The average molecular weight is 398 g/mol. The van der Waals surface area contributed by atoms with Crippen molar-refractivity contribution in [2.24, 2.45) is 5.92 Å². The van der Waals surface area contributed by atoms with Gasteiger partial charge in [0.1, 0.15) is 5.82 Å². The molecule has 0 spiro atoms. The third-order valence-electron chi connectivity index (χ3n) is 4.95. The summed E-state index contributed by atoms with van der Waals surface area (Å²) >= 11 is 0. The molecule has 0 radical (unpaired) electrons. The van der Waals surface area contributed by atoms with Gasteiger partial charge in [0.2, 0.25) is 5.91 Å². The highest BCUT2D eigenvalue weighted by atomic mass is 19.1. The molecule has 1 saturated heterocycles. The van der Waals surface area contributed by atoms with E-state index in [-0.39, 0.29) is 18.9 Å². The van der Waals surface area contributed by atoms with Crippen molar-refractivity contribution in [1.82, 2.24) is 0 Å². The molecule has 0 aliphatic carbocycles. The lowest BCUT2D eigenvalue weighted by Crippen LogP contribution is -2.28. The van der Waals surface area contributed by atoms with E-state index >= 15 is 0 Å². The van der Waals surface area contributed by atoms with E-state index in [9.17, 15) is 18.8 Å². The van der Waals surface area contributed by atoms with E-state index in [1.54, 1.807) is 0 Å². The van der Waals surface area contributed by atoms with Crippen molar-refractivity contribution in [3.05, 3.63) is 59.4 Å². The predicted molar refractivity (Wildman–Crippen MR) is 107 cm³/mol. The molecule has 1 N–H and O–H groups in total. The van der Waals surface area contributed by atoms with Crippen molar-refractivity contribution < 1.29 is 23.5 Å². The lowest BCUT2D eigenvalue weighted by Gasteiger charge is -2.16. The zero-order chi connectivity index (χ0) is 21.0. The number of benzene rings is 2. The van der Waals surface area contributed by atoms with Gasteiger partial charge in [-0.2, -0.15) is 0 Å². The first-order chi connectivity index (χ1) is 13.9. The van der Waals surface area contributed by atoms with Crippen molar-refractivity contribution in [1.29, 1.82) is 0 Å². The van der Waals surface area contributed by atoms with Gasteiger partial charge in [-0.1, -0.05) is 25.1 Å². The summed E-state index contributed by atoms with van der Waals surface area (Å²) in [5.41, 5.74) is 3.19. The number of carbonyl (C=O) groups excluding carboxylic acids is 3. The summed E-state index contributed by atoms with van der Waals surface area (Å²) in [6.45, 7) is 3.61. The van der Waals surface area contributed by atoms with E-state index < -0.39 is 30.2 Å². The molecule has 2 aromatic rings. The number of anilines is 2. The van der Waals surface area contributed by atoms with Gasteiger partial charge in [-0.3, -0.25) is 14.4 Å². The van der Waals surface area contributed by atoms with Crippen LogP contribution in [0.1, 0.15) is 24.5 Å². The second-order valence-electron chi connectivity index (χ2n) is 7.00. The third kappa shape index (κ3) is 4.80. The molecular weight excluding hydrogens is 375 g/mol. The number of aryl methyl sites for hydroxylation is 2. The summed E-state index contributed by atoms with van der Waals surface area (Å²) in [6, 6.07) is 11.2. The van der Waals surface area contributed by atoms with Crippen molar-refractivity contribution in [3.63, 3.8) is 0 Å². The number of para-hydroxylation sites is 1. The number of nitrogens with one attached hydrogen (secondary N) is 1. The van der Waals surface area contributed by atoms with E-state index in [0.29, 0.717) is 5.69 Å². The zero-order valence-electron chi connectivity index (χ0n) is 16.4. The highest BCUT2D eigenvalue weighted by Crippen LogP contribution is 2.26. The Balaban J connectivity index is 1.55. The van der Waals surface area contributed by atoms with Crippen LogP contribution in [0.3, 0.4) is 0 Å². The van der Waals surface area contributed by atoms with Gasteiger partial charge in [0.05, 0.1) is 5.92 Å². The average Bonchev–Trinajstić information content (AvgIpc) is 3.10. The smallest absolute Gasteiger partial charge is 0.311 e. The van der Waals surface area contributed by atoms with Crippen LogP contribution in [0.15, 0.2) is 42.5 Å². The topological polar surface area (TPSA) is 75.7 Å². The molecule has 0 aromatic heterocycles. The van der Waals surface area contributed by atoms with Gasteiger partial charge in [-0.25, -0.2) is 4.39 Å². The molecule has 1 heterocycles. The Hall–Kier alpha value is -3.22. The molecule has 0 bridgehead atoms. The Kier molecular flexibility index (Phi) is 6.26. The summed E-state index contributed by atoms with van der Waals surface area (Å²) in [5.74, 6) is -2.33. The number of esters is 1. The highest BCUT2D eigenvalue weighted by molar-refractivity contribution is 6.00. The quantitative estimate of drug-likeness (QED) is 0.758. The molecule has 2 amide bonds. The van der Waals surface area contributed by atoms with Crippen LogP contribution in [0.5, 0.6) is 0 Å². The maximum atomic E-state index is 13.1. The van der Waals surface area contributed by atoms with E-state index in [0.717, 1.165) is 23.2 Å². The molecule has 29 heavy (non-hydrogen) atoms. The fraction of sp³-hybridized carbons (Fsp3) is 0.318. The standard InChI is InChI=1S/C22H23FN2O4/c1-3-15-6-4-5-14(2)21(15)24-19(26)13-29-22(28)16-11-20(27)25(12-16)18-9-7-17(23)8-10-18/h4-10,16H,3,11-13H2,1-2H3,(H,24,26)/t16-/m0/s1. The molecule has 0 unspecified atom stereocenters. The highest BCUT2D eigenvalue weighted by Gasteiger charge is 2.36. The fourth-order valence-corrected chi connectivity index (χ4v) is 3.37. The van der Waals surface area contributed by atoms with Crippen LogP contribution in [-0.4, -0.2) is 30.9 Å². The second kappa shape index (κ2) is 8.86. The zero-order valence-corrected chi connectivity index (χ0v) is 16.4. The molecule has 1 atom stereocenters. The summed E-state index contributed by atoms with van der Waals surface area (Å²) < 4.78 is 18.2. The molecule has 2 aromatic carbocycles. The molecule has 3 rings (SSSR count). The molecular formula is C22H23FN2O4. The summed E-state index contributed by atoms with van der Waals surface area (Å²) in [7, 11) is 0. The van der Waals surface area contributed by atoms with Gasteiger partial charge in [0.25, 0.3) is 5.91 Å². The molecule has 152 valence electrons. The molecule has 6 nitrogen and oxygen atoms in total. The Morgan fingerprint density at radius 1 is 1.21 bits per heavy atom. The number of rotatable bonds is 6. The lowest BCUT2D eigenvalue weighted by molar-refractivity contribution is -0.151. The Labute approximate surface area is 168 Å². The number of halogens is 1. The second-order valence-corrected chi connectivity index (χ2v) is 7.00. The number of hydrogen-bond donors (Lipinski definition) is 1. The Morgan fingerprint density at radius 2 is 1.93 bits per heavy atom. The maximum Gasteiger partial charge on any atom is 0.311 e. The van der Waals surface area contributed by atoms with Crippen LogP contribution < -0.4 is 10.2 Å². The predicted octanol–water partition coefficient (Wildman–Crippen LogP) is 3.23. The molecule has 1 aliphatic heterocycles. The van der Waals surface area contributed by atoms with Gasteiger partial charge < -0.3 is 15.0 Å². The SMILES string of the molecule is CCc1cccc(C)c1NC(=O)COC(=O)[C@H]1CC(=O)N(c2ccc(F)cc2)C1. The number of carbonyl (C=O) groups is 3. The monoisotopic (exact) mass is 398 g/mol. The van der Waals surface area contributed by atoms with Crippen LogP contribution in [0.4, 0.5) is 15.8 Å².